The summed E-state index contributed by atoms with van der Waals surface area (Å²) in [6.45, 7) is 1.83. The van der Waals surface area contributed by atoms with Crippen LogP contribution in [0.2, 0.25) is 0 Å². The van der Waals surface area contributed by atoms with Gasteiger partial charge in [0, 0.05) is 12.0 Å². The van der Waals surface area contributed by atoms with E-state index in [1.165, 1.54) is 0 Å². The summed E-state index contributed by atoms with van der Waals surface area (Å²) in [5, 5.41) is 0. The Hall–Kier alpha value is -1.42. The standard InChI is InChI=1S/C10H9NO2S/c1-2-8(12)6-3-4-7-9(5-6)14-10(13)11-7/h3-5H,2H2,1H3,(H,11,13). The van der Waals surface area contributed by atoms with Gasteiger partial charge in [0.1, 0.15) is 0 Å². The molecule has 0 saturated heterocycles. The second-order valence-electron chi connectivity index (χ2n) is 3.00. The number of hydrogen-bond donors (Lipinski definition) is 1. The van der Waals surface area contributed by atoms with E-state index in [2.05, 4.69) is 4.98 Å². The van der Waals surface area contributed by atoms with Gasteiger partial charge in [-0.05, 0) is 18.2 Å². The number of H-pyrrole nitrogens is 1. The van der Waals surface area contributed by atoms with Crippen molar-refractivity contribution in [2.75, 3.05) is 0 Å². The number of rotatable bonds is 2. The van der Waals surface area contributed by atoms with Crippen LogP contribution in [0.1, 0.15) is 23.7 Å². The molecule has 3 nitrogen and oxygen atoms in total. The molecule has 0 saturated carbocycles. The number of ketones is 1. The second kappa shape index (κ2) is 3.38. The molecule has 0 aliphatic carbocycles. The third-order valence-corrected chi connectivity index (χ3v) is 2.91. The van der Waals surface area contributed by atoms with Crippen LogP contribution in [0.3, 0.4) is 0 Å². The molecule has 0 bridgehead atoms. The molecule has 0 fully saturated rings. The fourth-order valence-corrected chi connectivity index (χ4v) is 2.10. The summed E-state index contributed by atoms with van der Waals surface area (Å²) in [5.74, 6) is 0.104. The van der Waals surface area contributed by atoms with Crippen molar-refractivity contribution in [3.05, 3.63) is 33.4 Å². The number of aromatic nitrogens is 1. The first kappa shape index (κ1) is 9.15. The first-order chi connectivity index (χ1) is 6.70. The van der Waals surface area contributed by atoms with Crippen molar-refractivity contribution in [1.29, 1.82) is 0 Å². The van der Waals surface area contributed by atoms with Crippen molar-refractivity contribution < 1.29 is 4.79 Å². The van der Waals surface area contributed by atoms with E-state index in [1.807, 2.05) is 6.92 Å². The highest BCUT2D eigenvalue weighted by molar-refractivity contribution is 7.16. The normalized spacial score (nSPS) is 10.6. The number of carbonyl (C=O) groups excluding carboxylic acids is 1. The molecule has 1 N–H and O–H groups in total. The molecule has 0 radical (unpaired) electrons. The largest absolute Gasteiger partial charge is 0.312 e. The van der Waals surface area contributed by atoms with E-state index in [0.29, 0.717) is 12.0 Å². The molecule has 0 unspecified atom stereocenters. The fraction of sp³-hybridized carbons (Fsp3) is 0.200. The van der Waals surface area contributed by atoms with Crippen LogP contribution in [0.25, 0.3) is 10.2 Å². The first-order valence-corrected chi connectivity index (χ1v) is 5.18. The number of carbonyl (C=O) groups is 1. The Kier molecular flexibility index (Phi) is 2.21. The van der Waals surface area contributed by atoms with E-state index < -0.39 is 0 Å². The molecule has 14 heavy (non-hydrogen) atoms. The van der Waals surface area contributed by atoms with Crippen LogP contribution in [-0.4, -0.2) is 10.8 Å². The van der Waals surface area contributed by atoms with E-state index in [4.69, 9.17) is 0 Å². The molecule has 4 heteroatoms. The molecule has 1 aromatic heterocycles. The summed E-state index contributed by atoms with van der Waals surface area (Å²) < 4.78 is 0.842. The van der Waals surface area contributed by atoms with Gasteiger partial charge in [0.15, 0.2) is 5.78 Å². The van der Waals surface area contributed by atoms with Crippen LogP contribution >= 0.6 is 11.3 Å². The quantitative estimate of drug-likeness (QED) is 0.767. The number of hydrogen-bond acceptors (Lipinski definition) is 3. The maximum Gasteiger partial charge on any atom is 0.305 e. The number of thiazole rings is 1. The Bertz CT molecular complexity index is 538. The Morgan fingerprint density at radius 2 is 2.29 bits per heavy atom. The van der Waals surface area contributed by atoms with E-state index in [0.717, 1.165) is 21.6 Å². The SMILES string of the molecule is CCC(=O)c1ccc2[nH]c(=O)sc2c1. The fourth-order valence-electron chi connectivity index (χ4n) is 1.32. The minimum Gasteiger partial charge on any atom is -0.312 e. The molecular weight excluding hydrogens is 198 g/mol. The average molecular weight is 207 g/mol. The molecular formula is C10H9NO2S. The Morgan fingerprint density at radius 3 is 3.00 bits per heavy atom. The zero-order valence-corrected chi connectivity index (χ0v) is 8.48. The molecule has 72 valence electrons. The van der Waals surface area contributed by atoms with E-state index in [1.54, 1.807) is 18.2 Å². The molecule has 0 atom stereocenters. The molecule has 2 aromatic rings. The molecule has 0 spiro atoms. The zero-order valence-electron chi connectivity index (χ0n) is 7.66. The lowest BCUT2D eigenvalue weighted by Gasteiger charge is -1.96. The third kappa shape index (κ3) is 1.48. The number of fused-ring (bicyclic) bond motifs is 1. The number of nitrogens with one attached hydrogen (secondary N) is 1. The maximum absolute atomic E-state index is 11.4. The summed E-state index contributed by atoms with van der Waals surface area (Å²) >= 11 is 1.13. The summed E-state index contributed by atoms with van der Waals surface area (Å²) in [6, 6.07) is 5.29. The predicted octanol–water partition coefficient (Wildman–Crippen LogP) is 2.18. The molecule has 1 heterocycles. The van der Waals surface area contributed by atoms with Crippen LogP contribution in [0, 0.1) is 0 Å². The minimum absolute atomic E-state index is 0.0823. The maximum atomic E-state index is 11.4. The van der Waals surface area contributed by atoms with Crippen molar-refractivity contribution in [3.8, 4) is 0 Å². The smallest absolute Gasteiger partial charge is 0.305 e. The van der Waals surface area contributed by atoms with Gasteiger partial charge in [-0.1, -0.05) is 18.3 Å². The van der Waals surface area contributed by atoms with Crippen molar-refractivity contribution in [2.24, 2.45) is 0 Å². The van der Waals surface area contributed by atoms with Gasteiger partial charge >= 0.3 is 4.87 Å². The zero-order chi connectivity index (χ0) is 10.1. The van der Waals surface area contributed by atoms with E-state index >= 15 is 0 Å². The van der Waals surface area contributed by atoms with Crippen LogP contribution in [0.5, 0.6) is 0 Å². The average Bonchev–Trinajstić information content (AvgIpc) is 2.55. The van der Waals surface area contributed by atoms with Gasteiger partial charge in [-0.25, -0.2) is 0 Å². The van der Waals surface area contributed by atoms with Crippen molar-refractivity contribution >= 4 is 27.3 Å². The second-order valence-corrected chi connectivity index (χ2v) is 4.02. The summed E-state index contributed by atoms with van der Waals surface area (Å²) in [6.07, 6.45) is 0.491. The highest BCUT2D eigenvalue weighted by atomic mass is 32.1. The monoisotopic (exact) mass is 207 g/mol. The van der Waals surface area contributed by atoms with Gasteiger partial charge < -0.3 is 4.98 Å². The van der Waals surface area contributed by atoms with Crippen molar-refractivity contribution in [3.63, 3.8) is 0 Å². The topological polar surface area (TPSA) is 49.9 Å². The lowest BCUT2D eigenvalue weighted by molar-refractivity contribution is 0.0988. The number of aromatic amines is 1. The van der Waals surface area contributed by atoms with Crippen LogP contribution in [-0.2, 0) is 0 Å². The Labute approximate surface area is 84.4 Å². The van der Waals surface area contributed by atoms with Gasteiger partial charge in [0.25, 0.3) is 0 Å². The summed E-state index contributed by atoms with van der Waals surface area (Å²) in [7, 11) is 0. The van der Waals surface area contributed by atoms with E-state index in [-0.39, 0.29) is 10.7 Å². The van der Waals surface area contributed by atoms with Gasteiger partial charge in [-0.3, -0.25) is 9.59 Å². The van der Waals surface area contributed by atoms with E-state index in [9.17, 15) is 9.59 Å². The highest BCUT2D eigenvalue weighted by Crippen LogP contribution is 2.17. The number of Topliss-reactive ketones (excluding diaryl/α,β-unsaturated/α-hetero) is 1. The summed E-state index contributed by atoms with van der Waals surface area (Å²) in [5.41, 5.74) is 1.47. The minimum atomic E-state index is -0.0823. The van der Waals surface area contributed by atoms with Gasteiger partial charge in [-0.2, -0.15) is 0 Å². The predicted molar refractivity (Wildman–Crippen MR) is 57.1 cm³/mol. The lowest BCUT2D eigenvalue weighted by Crippen LogP contribution is -1.95. The highest BCUT2D eigenvalue weighted by Gasteiger charge is 2.05. The molecule has 0 amide bonds. The summed E-state index contributed by atoms with van der Waals surface area (Å²) in [4.78, 5) is 25.0. The van der Waals surface area contributed by atoms with Gasteiger partial charge in [-0.15, -0.1) is 0 Å². The molecule has 0 aliphatic heterocycles. The van der Waals surface area contributed by atoms with Crippen molar-refractivity contribution in [2.45, 2.75) is 13.3 Å². The third-order valence-electron chi connectivity index (χ3n) is 2.06. The van der Waals surface area contributed by atoms with Crippen LogP contribution < -0.4 is 4.87 Å². The van der Waals surface area contributed by atoms with Gasteiger partial charge in [0.05, 0.1) is 10.2 Å². The lowest BCUT2D eigenvalue weighted by atomic mass is 10.1. The number of benzene rings is 1. The Morgan fingerprint density at radius 1 is 1.50 bits per heavy atom. The molecule has 0 aliphatic rings. The first-order valence-electron chi connectivity index (χ1n) is 4.37. The Balaban J connectivity index is 2.61. The molecule has 2 rings (SSSR count). The van der Waals surface area contributed by atoms with Crippen molar-refractivity contribution in [1.82, 2.24) is 4.98 Å². The van der Waals surface area contributed by atoms with Crippen LogP contribution in [0.4, 0.5) is 0 Å². The van der Waals surface area contributed by atoms with Gasteiger partial charge in [0.2, 0.25) is 0 Å². The van der Waals surface area contributed by atoms with Crippen LogP contribution in [0.15, 0.2) is 23.0 Å². The molecule has 1 aromatic carbocycles.